The number of fused-ring (bicyclic) bond motifs is 1. The van der Waals surface area contributed by atoms with Crippen LogP contribution in [0.2, 0.25) is 0 Å². The summed E-state index contributed by atoms with van der Waals surface area (Å²) in [7, 11) is 1.51. The van der Waals surface area contributed by atoms with Gasteiger partial charge in [0.05, 0.1) is 10.9 Å². The maximum atomic E-state index is 12.0. The number of carbonyl (C=O) groups is 1. The van der Waals surface area contributed by atoms with E-state index in [-0.39, 0.29) is 47.3 Å². The number of pyridine rings is 1. The van der Waals surface area contributed by atoms with Crippen LogP contribution in [0.15, 0.2) is 21.9 Å². The number of aromatic amines is 1. The van der Waals surface area contributed by atoms with E-state index in [1.54, 1.807) is 0 Å². The molecule has 0 atom stereocenters. The van der Waals surface area contributed by atoms with Gasteiger partial charge in [0.2, 0.25) is 0 Å². The van der Waals surface area contributed by atoms with E-state index in [0.717, 1.165) is 13.0 Å². The van der Waals surface area contributed by atoms with Crippen molar-refractivity contribution in [2.45, 2.75) is 13.3 Å². The molecule has 2 aromatic heterocycles. The number of nitrogens with zero attached hydrogens (tertiary/aromatic N) is 2. The fourth-order valence-corrected chi connectivity index (χ4v) is 2.03. The molecular weight excluding hydrogens is 357 g/mol. The predicted octanol–water partition coefficient (Wildman–Crippen LogP) is 0.195. The summed E-state index contributed by atoms with van der Waals surface area (Å²) in [5.41, 5.74) is -0.559. The van der Waals surface area contributed by atoms with E-state index in [1.807, 2.05) is 0 Å². The molecule has 2 rings (SSSR count). The lowest BCUT2D eigenvalue weighted by atomic mass is 10.2. The summed E-state index contributed by atoms with van der Waals surface area (Å²) in [6, 6.07) is 1.44. The topological polar surface area (TPSA) is 109 Å². The van der Waals surface area contributed by atoms with E-state index in [2.05, 4.69) is 27.5 Å². The molecule has 0 unspecified atom stereocenters. The van der Waals surface area contributed by atoms with Gasteiger partial charge in [-0.25, -0.2) is 9.78 Å². The summed E-state index contributed by atoms with van der Waals surface area (Å²) >= 11 is 0. The lowest BCUT2D eigenvalue weighted by Gasteiger charge is -2.07. The Hall–Kier alpha value is -1.90. The van der Waals surface area contributed by atoms with Gasteiger partial charge in [-0.05, 0) is 19.0 Å². The van der Waals surface area contributed by atoms with Crippen molar-refractivity contribution in [3.63, 3.8) is 0 Å². The second-order valence-corrected chi connectivity index (χ2v) is 4.92. The minimum atomic E-state index is -0.551. The van der Waals surface area contributed by atoms with Crippen molar-refractivity contribution in [1.82, 2.24) is 25.2 Å². The zero-order valence-electron chi connectivity index (χ0n) is 13.4. The molecule has 0 radical (unpaired) electrons. The molecule has 0 aliphatic carbocycles. The highest BCUT2D eigenvalue weighted by atomic mass is 35.5. The van der Waals surface area contributed by atoms with Crippen LogP contribution in [-0.2, 0) is 7.05 Å². The third-order valence-electron chi connectivity index (χ3n) is 3.23. The first-order valence-electron chi connectivity index (χ1n) is 7.12. The van der Waals surface area contributed by atoms with Crippen LogP contribution in [0.4, 0.5) is 0 Å². The van der Waals surface area contributed by atoms with Crippen molar-refractivity contribution in [2.75, 3.05) is 19.6 Å². The van der Waals surface area contributed by atoms with Crippen LogP contribution in [0.25, 0.3) is 11.0 Å². The number of hydrogen-bond donors (Lipinski definition) is 3. The van der Waals surface area contributed by atoms with Gasteiger partial charge in [-0.1, -0.05) is 6.92 Å². The van der Waals surface area contributed by atoms with Gasteiger partial charge in [0, 0.05) is 26.3 Å². The van der Waals surface area contributed by atoms with Crippen molar-refractivity contribution < 1.29 is 4.79 Å². The molecule has 0 aliphatic rings. The summed E-state index contributed by atoms with van der Waals surface area (Å²) in [5.74, 6) is -0.305. The van der Waals surface area contributed by atoms with E-state index >= 15 is 0 Å². The molecule has 0 aliphatic heterocycles. The maximum absolute atomic E-state index is 12.0. The molecule has 10 heteroatoms. The van der Waals surface area contributed by atoms with Gasteiger partial charge >= 0.3 is 5.69 Å². The molecule has 0 saturated carbocycles. The van der Waals surface area contributed by atoms with Crippen molar-refractivity contribution in [3.8, 4) is 0 Å². The summed E-state index contributed by atoms with van der Waals surface area (Å²) in [6.45, 7) is 4.13. The number of H-pyrrole nitrogens is 1. The minimum Gasteiger partial charge on any atom is -0.351 e. The van der Waals surface area contributed by atoms with Gasteiger partial charge in [-0.3, -0.25) is 19.1 Å². The number of carbonyl (C=O) groups excluding carboxylic acids is 1. The van der Waals surface area contributed by atoms with Gasteiger partial charge in [-0.2, -0.15) is 0 Å². The normalized spacial score (nSPS) is 9.92. The average molecular weight is 378 g/mol. The number of rotatable bonds is 6. The molecule has 3 N–H and O–H groups in total. The van der Waals surface area contributed by atoms with Gasteiger partial charge in [0.25, 0.3) is 11.5 Å². The van der Waals surface area contributed by atoms with Crippen LogP contribution >= 0.6 is 24.8 Å². The monoisotopic (exact) mass is 377 g/mol. The third kappa shape index (κ3) is 5.05. The Bertz CT molecular complexity index is 803. The van der Waals surface area contributed by atoms with Crippen LogP contribution in [0.3, 0.4) is 0 Å². The van der Waals surface area contributed by atoms with Crippen LogP contribution in [0.1, 0.15) is 23.7 Å². The summed E-state index contributed by atoms with van der Waals surface area (Å²) in [4.78, 5) is 41.5. The largest absolute Gasteiger partial charge is 0.351 e. The molecule has 134 valence electrons. The first-order valence-corrected chi connectivity index (χ1v) is 7.12. The Morgan fingerprint density at radius 1 is 1.25 bits per heavy atom. The Labute approximate surface area is 150 Å². The van der Waals surface area contributed by atoms with Crippen LogP contribution in [-0.4, -0.2) is 40.1 Å². The molecule has 0 aromatic carbocycles. The molecule has 24 heavy (non-hydrogen) atoms. The first kappa shape index (κ1) is 22.1. The van der Waals surface area contributed by atoms with E-state index in [9.17, 15) is 14.4 Å². The van der Waals surface area contributed by atoms with Gasteiger partial charge in [-0.15, -0.1) is 24.8 Å². The van der Waals surface area contributed by atoms with Crippen molar-refractivity contribution in [1.29, 1.82) is 0 Å². The highest BCUT2D eigenvalue weighted by Gasteiger charge is 2.11. The van der Waals surface area contributed by atoms with E-state index in [4.69, 9.17) is 0 Å². The Balaban J connectivity index is 0.00000264. The van der Waals surface area contributed by atoms with E-state index in [0.29, 0.717) is 13.1 Å². The minimum absolute atomic E-state index is 0. The molecule has 0 fully saturated rings. The zero-order chi connectivity index (χ0) is 16.1. The average Bonchev–Trinajstić information content (AvgIpc) is 2.52. The van der Waals surface area contributed by atoms with Gasteiger partial charge < -0.3 is 10.6 Å². The third-order valence-corrected chi connectivity index (χ3v) is 3.23. The van der Waals surface area contributed by atoms with Gasteiger partial charge in [0.15, 0.2) is 0 Å². The number of hydrogen-bond acceptors (Lipinski definition) is 5. The second-order valence-electron chi connectivity index (χ2n) is 4.92. The van der Waals surface area contributed by atoms with Crippen molar-refractivity contribution >= 4 is 41.8 Å². The fraction of sp³-hybridized carbons (Fsp3) is 0.429. The first-order chi connectivity index (χ1) is 10.5. The highest BCUT2D eigenvalue weighted by molar-refractivity contribution is 5.96. The van der Waals surface area contributed by atoms with E-state index < -0.39 is 11.2 Å². The molecule has 2 heterocycles. The lowest BCUT2D eigenvalue weighted by molar-refractivity contribution is 0.0953. The molecule has 2 aromatic rings. The fourth-order valence-electron chi connectivity index (χ4n) is 2.03. The molecular formula is C14H21Cl2N5O3. The number of amides is 1. The second kappa shape index (κ2) is 10.1. The van der Waals surface area contributed by atoms with Crippen molar-refractivity contribution in [2.24, 2.45) is 7.05 Å². The van der Waals surface area contributed by atoms with Crippen LogP contribution in [0.5, 0.6) is 0 Å². The standard InChI is InChI=1S/C14H19N5O3.2ClH/c1-3-4-15-5-6-16-12(20)9-7-10-11(17-8-9)19(2)14(22)18-13(10)21;;/h7-8,15H,3-6H2,1-2H3,(H,16,20)(H,18,21,22);2*1H. The number of aromatic nitrogens is 3. The summed E-state index contributed by atoms with van der Waals surface area (Å²) in [6.07, 6.45) is 2.39. The Morgan fingerprint density at radius 3 is 2.62 bits per heavy atom. The summed E-state index contributed by atoms with van der Waals surface area (Å²) < 4.78 is 1.23. The SMILES string of the molecule is CCCNCCNC(=O)c1cnc2c(c1)c(=O)[nH]c(=O)n2C.Cl.Cl. The highest BCUT2D eigenvalue weighted by Crippen LogP contribution is 2.06. The smallest absolute Gasteiger partial charge is 0.329 e. The van der Waals surface area contributed by atoms with Crippen LogP contribution < -0.4 is 21.9 Å². The zero-order valence-corrected chi connectivity index (χ0v) is 15.1. The Morgan fingerprint density at radius 2 is 1.96 bits per heavy atom. The van der Waals surface area contributed by atoms with Crippen LogP contribution in [0, 0.1) is 0 Å². The molecule has 8 nitrogen and oxygen atoms in total. The van der Waals surface area contributed by atoms with Gasteiger partial charge in [0.1, 0.15) is 5.65 Å². The summed E-state index contributed by atoms with van der Waals surface area (Å²) in [5, 5.41) is 6.12. The Kier molecular flexibility index (Phi) is 9.27. The molecule has 0 bridgehead atoms. The lowest BCUT2D eigenvalue weighted by Crippen LogP contribution is -2.33. The predicted molar refractivity (Wildman–Crippen MR) is 97.6 cm³/mol. The number of nitrogens with one attached hydrogen (secondary N) is 3. The molecule has 1 amide bonds. The number of halogens is 2. The molecule has 0 saturated heterocycles. The van der Waals surface area contributed by atoms with Crippen molar-refractivity contribution in [3.05, 3.63) is 38.7 Å². The number of aryl methyl sites for hydroxylation is 1. The quantitative estimate of drug-likeness (QED) is 0.622. The maximum Gasteiger partial charge on any atom is 0.329 e. The van der Waals surface area contributed by atoms with E-state index in [1.165, 1.54) is 23.9 Å². The molecule has 0 spiro atoms.